The second-order valence-electron chi connectivity index (χ2n) is 2.70. The second-order valence-corrected chi connectivity index (χ2v) is 4.23. The van der Waals surface area contributed by atoms with Crippen LogP contribution in [-0.2, 0) is 10.0 Å². The molecular formula is C7H5F2N3O3S. The first-order chi connectivity index (χ1) is 7.27. The van der Waals surface area contributed by atoms with Crippen LogP contribution in [0.5, 0.6) is 5.75 Å². The Kier molecular flexibility index (Phi) is 3.06. The van der Waals surface area contributed by atoms with Crippen molar-refractivity contribution in [2.45, 2.75) is 11.3 Å². The van der Waals surface area contributed by atoms with Gasteiger partial charge in [0.1, 0.15) is 16.7 Å². The van der Waals surface area contributed by atoms with Crippen LogP contribution in [0.3, 0.4) is 0 Å². The number of primary sulfonamides is 1. The van der Waals surface area contributed by atoms with E-state index in [1.807, 2.05) is 0 Å². The van der Waals surface area contributed by atoms with Gasteiger partial charge in [0.05, 0.1) is 0 Å². The molecule has 0 aliphatic rings. The standard InChI is InChI=1S/C7H5F2N3O3S/c8-7(9)3-1-5(16(11,14)15)6(13)4(2-10)12-3/h1,7,13H,(H2,11,14,15). The molecule has 0 unspecified atom stereocenters. The molecule has 9 heteroatoms. The lowest BCUT2D eigenvalue weighted by Gasteiger charge is -2.06. The minimum absolute atomic E-state index is 0.427. The first kappa shape index (κ1) is 12.3. The Morgan fingerprint density at radius 2 is 2.12 bits per heavy atom. The zero-order valence-corrected chi connectivity index (χ0v) is 8.37. The molecule has 1 aromatic heterocycles. The van der Waals surface area contributed by atoms with Gasteiger partial charge >= 0.3 is 0 Å². The van der Waals surface area contributed by atoms with Gasteiger partial charge in [-0.15, -0.1) is 0 Å². The van der Waals surface area contributed by atoms with Crippen LogP contribution in [0.1, 0.15) is 17.8 Å². The van der Waals surface area contributed by atoms with Gasteiger partial charge in [0.2, 0.25) is 10.0 Å². The molecule has 0 aromatic carbocycles. The normalized spacial score (nSPS) is 11.4. The quantitative estimate of drug-likeness (QED) is 0.778. The summed E-state index contributed by atoms with van der Waals surface area (Å²) < 4.78 is 46.5. The van der Waals surface area contributed by atoms with E-state index in [1.54, 1.807) is 0 Å². The summed E-state index contributed by atoms with van der Waals surface area (Å²) in [6.07, 6.45) is -3.08. The van der Waals surface area contributed by atoms with E-state index in [9.17, 15) is 22.3 Å². The van der Waals surface area contributed by atoms with Crippen LogP contribution in [0, 0.1) is 11.3 Å². The van der Waals surface area contributed by atoms with Gasteiger partial charge in [-0.1, -0.05) is 0 Å². The number of alkyl halides is 2. The molecule has 0 aliphatic carbocycles. The number of pyridine rings is 1. The highest BCUT2D eigenvalue weighted by Gasteiger charge is 2.22. The third-order valence-electron chi connectivity index (χ3n) is 1.61. The second kappa shape index (κ2) is 3.99. The van der Waals surface area contributed by atoms with Gasteiger partial charge in [-0.05, 0) is 6.07 Å². The van der Waals surface area contributed by atoms with Crippen LogP contribution in [0.2, 0.25) is 0 Å². The van der Waals surface area contributed by atoms with E-state index in [0.29, 0.717) is 6.07 Å². The average molecular weight is 249 g/mol. The van der Waals surface area contributed by atoms with E-state index >= 15 is 0 Å². The molecule has 1 heterocycles. The summed E-state index contributed by atoms with van der Waals surface area (Å²) in [4.78, 5) is 2.13. The molecule has 86 valence electrons. The number of rotatable bonds is 2. The van der Waals surface area contributed by atoms with Gasteiger partial charge in [-0.2, -0.15) is 5.26 Å². The largest absolute Gasteiger partial charge is 0.504 e. The van der Waals surface area contributed by atoms with Gasteiger partial charge in [0.25, 0.3) is 6.43 Å². The molecule has 6 nitrogen and oxygen atoms in total. The van der Waals surface area contributed by atoms with Gasteiger partial charge in [0.15, 0.2) is 11.4 Å². The summed E-state index contributed by atoms with van der Waals surface area (Å²) in [7, 11) is -4.40. The average Bonchev–Trinajstić information content (AvgIpc) is 2.15. The highest BCUT2D eigenvalue weighted by atomic mass is 32.2. The van der Waals surface area contributed by atoms with E-state index in [2.05, 4.69) is 10.1 Å². The predicted octanol–water partition coefficient (Wildman–Crippen LogP) is 0.244. The number of halogens is 2. The number of sulfonamides is 1. The number of hydrogen-bond acceptors (Lipinski definition) is 5. The Morgan fingerprint density at radius 1 is 1.56 bits per heavy atom. The van der Waals surface area contributed by atoms with E-state index in [1.165, 1.54) is 6.07 Å². The van der Waals surface area contributed by atoms with Crippen molar-refractivity contribution in [1.82, 2.24) is 4.98 Å². The molecule has 0 radical (unpaired) electrons. The molecule has 1 rings (SSSR count). The van der Waals surface area contributed by atoms with Crippen molar-refractivity contribution < 1.29 is 22.3 Å². The van der Waals surface area contributed by atoms with Gasteiger partial charge < -0.3 is 5.11 Å². The summed E-state index contributed by atoms with van der Waals surface area (Å²) >= 11 is 0. The maximum Gasteiger partial charge on any atom is 0.280 e. The van der Waals surface area contributed by atoms with E-state index in [4.69, 9.17) is 5.26 Å². The van der Waals surface area contributed by atoms with Crippen molar-refractivity contribution in [1.29, 1.82) is 5.26 Å². The maximum atomic E-state index is 12.3. The molecule has 0 fully saturated rings. The Hall–Kier alpha value is -1.79. The van der Waals surface area contributed by atoms with Crippen LogP contribution in [0.25, 0.3) is 0 Å². The lowest BCUT2D eigenvalue weighted by Crippen LogP contribution is -2.14. The molecular weight excluding hydrogens is 244 g/mol. The Labute approximate surface area is 89.0 Å². The predicted molar refractivity (Wildman–Crippen MR) is 46.9 cm³/mol. The van der Waals surface area contributed by atoms with Crippen molar-refractivity contribution in [3.05, 3.63) is 17.5 Å². The van der Waals surface area contributed by atoms with Gasteiger partial charge in [0, 0.05) is 0 Å². The number of nitrogens with two attached hydrogens (primary N) is 1. The Balaban J connectivity index is 3.63. The zero-order chi connectivity index (χ0) is 12.5. The highest BCUT2D eigenvalue weighted by molar-refractivity contribution is 7.89. The van der Waals surface area contributed by atoms with Crippen LogP contribution < -0.4 is 5.14 Å². The molecule has 0 aliphatic heterocycles. The van der Waals surface area contributed by atoms with Crippen molar-refractivity contribution in [3.63, 3.8) is 0 Å². The van der Waals surface area contributed by atoms with E-state index in [-0.39, 0.29) is 0 Å². The fourth-order valence-corrected chi connectivity index (χ4v) is 1.59. The monoisotopic (exact) mass is 249 g/mol. The molecule has 1 aromatic rings. The molecule has 0 saturated heterocycles. The third-order valence-corrected chi connectivity index (χ3v) is 2.54. The summed E-state index contributed by atoms with van der Waals surface area (Å²) in [5, 5.41) is 22.4. The summed E-state index contributed by atoms with van der Waals surface area (Å²) in [5.41, 5.74) is -1.76. The van der Waals surface area contributed by atoms with Gasteiger partial charge in [-0.3, -0.25) is 0 Å². The van der Waals surface area contributed by atoms with Crippen LogP contribution in [-0.4, -0.2) is 18.5 Å². The van der Waals surface area contributed by atoms with Crippen molar-refractivity contribution in [3.8, 4) is 11.8 Å². The van der Waals surface area contributed by atoms with Crippen LogP contribution in [0.4, 0.5) is 8.78 Å². The molecule has 16 heavy (non-hydrogen) atoms. The fourth-order valence-electron chi connectivity index (χ4n) is 0.940. The van der Waals surface area contributed by atoms with Crippen molar-refractivity contribution in [2.24, 2.45) is 5.14 Å². The lowest BCUT2D eigenvalue weighted by molar-refractivity contribution is 0.145. The zero-order valence-electron chi connectivity index (χ0n) is 7.55. The number of nitriles is 1. The van der Waals surface area contributed by atoms with E-state index < -0.39 is 38.5 Å². The third kappa shape index (κ3) is 2.23. The van der Waals surface area contributed by atoms with Crippen LogP contribution >= 0.6 is 0 Å². The summed E-state index contributed by atoms with van der Waals surface area (Å²) in [6, 6.07) is 1.72. The number of nitrogens with zero attached hydrogens (tertiary/aromatic N) is 2. The topological polar surface area (TPSA) is 117 Å². The number of aromatic nitrogens is 1. The molecule has 0 amide bonds. The number of aromatic hydroxyl groups is 1. The Bertz CT molecular complexity index is 565. The minimum Gasteiger partial charge on any atom is -0.504 e. The molecule has 0 atom stereocenters. The van der Waals surface area contributed by atoms with Gasteiger partial charge in [-0.25, -0.2) is 27.3 Å². The smallest absolute Gasteiger partial charge is 0.280 e. The van der Waals surface area contributed by atoms with Crippen LogP contribution in [0.15, 0.2) is 11.0 Å². The number of hydrogen-bond donors (Lipinski definition) is 2. The SMILES string of the molecule is N#Cc1nc(C(F)F)cc(S(N)(=O)=O)c1O. The summed E-state index contributed by atoms with van der Waals surface area (Å²) in [6.45, 7) is 0. The fraction of sp³-hybridized carbons (Fsp3) is 0.143. The maximum absolute atomic E-state index is 12.3. The lowest BCUT2D eigenvalue weighted by atomic mass is 10.3. The first-order valence-corrected chi connectivity index (χ1v) is 5.27. The van der Waals surface area contributed by atoms with E-state index in [0.717, 1.165) is 0 Å². The molecule has 0 spiro atoms. The minimum atomic E-state index is -4.40. The van der Waals surface area contributed by atoms with Crippen molar-refractivity contribution in [2.75, 3.05) is 0 Å². The molecule has 0 bridgehead atoms. The first-order valence-electron chi connectivity index (χ1n) is 3.72. The Morgan fingerprint density at radius 3 is 2.50 bits per heavy atom. The molecule has 0 saturated carbocycles. The highest BCUT2D eigenvalue weighted by Crippen LogP contribution is 2.28. The van der Waals surface area contributed by atoms with Crippen molar-refractivity contribution >= 4 is 10.0 Å². The molecule has 3 N–H and O–H groups in total. The summed E-state index contributed by atoms with van der Waals surface area (Å²) in [5.74, 6) is -1.03.